The lowest BCUT2D eigenvalue weighted by Gasteiger charge is -2.25. The third-order valence-electron chi connectivity index (χ3n) is 4.42. The van der Waals surface area contributed by atoms with Crippen LogP contribution in [0.15, 0.2) is 18.2 Å². The van der Waals surface area contributed by atoms with Crippen LogP contribution in [0.5, 0.6) is 0 Å². The van der Waals surface area contributed by atoms with E-state index in [1.54, 1.807) is 11.0 Å². The molecule has 120 valence electrons. The molecule has 2 aliphatic rings. The second kappa shape index (κ2) is 6.77. The van der Waals surface area contributed by atoms with Crippen LogP contribution in [0, 0.1) is 5.92 Å². The lowest BCUT2D eigenvalue weighted by Crippen LogP contribution is -2.40. The predicted molar refractivity (Wildman–Crippen MR) is 90.3 cm³/mol. The van der Waals surface area contributed by atoms with Crippen molar-refractivity contribution in [2.75, 3.05) is 20.1 Å². The van der Waals surface area contributed by atoms with Crippen molar-refractivity contribution in [2.24, 2.45) is 5.92 Å². The van der Waals surface area contributed by atoms with Gasteiger partial charge in [0, 0.05) is 26.2 Å². The van der Waals surface area contributed by atoms with Crippen molar-refractivity contribution in [1.82, 2.24) is 9.80 Å². The van der Waals surface area contributed by atoms with Crippen LogP contribution < -0.4 is 0 Å². The van der Waals surface area contributed by atoms with E-state index in [0.29, 0.717) is 29.2 Å². The fourth-order valence-electron chi connectivity index (χ4n) is 2.71. The summed E-state index contributed by atoms with van der Waals surface area (Å²) in [5, 5.41) is 1.08. The molecular formula is C17H22Cl2N2O. The van der Waals surface area contributed by atoms with E-state index in [1.165, 1.54) is 25.7 Å². The number of carbonyl (C=O) groups excluding carboxylic acids is 1. The Hall–Kier alpha value is -0.770. The molecule has 5 heteroatoms. The van der Waals surface area contributed by atoms with Crippen molar-refractivity contribution in [3.8, 4) is 0 Å². The minimum atomic E-state index is 0.179. The van der Waals surface area contributed by atoms with E-state index < -0.39 is 0 Å². The Morgan fingerprint density at radius 3 is 2.50 bits per heavy atom. The number of rotatable bonds is 7. The second-order valence-electron chi connectivity index (χ2n) is 6.60. The maximum Gasteiger partial charge on any atom is 0.236 e. The normalized spacial score (nSPS) is 17.8. The van der Waals surface area contributed by atoms with Crippen LogP contribution in [-0.4, -0.2) is 41.9 Å². The quantitative estimate of drug-likeness (QED) is 0.753. The summed E-state index contributed by atoms with van der Waals surface area (Å²) in [6, 6.07) is 6.17. The van der Waals surface area contributed by atoms with Gasteiger partial charge in [-0.3, -0.25) is 9.69 Å². The van der Waals surface area contributed by atoms with Gasteiger partial charge in [-0.15, -0.1) is 0 Å². The van der Waals surface area contributed by atoms with Gasteiger partial charge in [0.2, 0.25) is 5.91 Å². The van der Waals surface area contributed by atoms with Crippen LogP contribution in [0.3, 0.4) is 0 Å². The molecule has 0 aromatic heterocycles. The SMILES string of the molecule is CN(Cc1ccc(Cl)c(Cl)c1)C(=O)CN(CC1CC1)C1CC1. The lowest BCUT2D eigenvalue weighted by molar-refractivity contribution is -0.131. The molecule has 2 aliphatic carbocycles. The fourth-order valence-corrected chi connectivity index (χ4v) is 3.03. The molecule has 0 radical (unpaired) electrons. The Morgan fingerprint density at radius 1 is 1.18 bits per heavy atom. The third kappa shape index (κ3) is 4.37. The van der Waals surface area contributed by atoms with Crippen LogP contribution in [0.25, 0.3) is 0 Å². The molecule has 0 atom stereocenters. The molecule has 2 fully saturated rings. The molecule has 0 unspecified atom stereocenters. The zero-order valence-electron chi connectivity index (χ0n) is 12.9. The van der Waals surface area contributed by atoms with E-state index in [2.05, 4.69) is 4.90 Å². The van der Waals surface area contributed by atoms with E-state index in [-0.39, 0.29) is 5.91 Å². The Balaban J connectivity index is 1.54. The van der Waals surface area contributed by atoms with Crippen molar-refractivity contribution in [1.29, 1.82) is 0 Å². The molecule has 1 aromatic rings. The van der Waals surface area contributed by atoms with E-state index in [9.17, 15) is 4.79 Å². The maximum atomic E-state index is 12.5. The van der Waals surface area contributed by atoms with Gasteiger partial charge in [0.25, 0.3) is 0 Å². The van der Waals surface area contributed by atoms with Gasteiger partial charge < -0.3 is 4.90 Å². The third-order valence-corrected chi connectivity index (χ3v) is 5.16. The van der Waals surface area contributed by atoms with Crippen LogP contribution >= 0.6 is 23.2 Å². The number of benzene rings is 1. The van der Waals surface area contributed by atoms with Crippen molar-refractivity contribution < 1.29 is 4.79 Å². The molecule has 0 N–H and O–H groups in total. The first-order valence-electron chi connectivity index (χ1n) is 7.95. The zero-order chi connectivity index (χ0) is 15.7. The van der Waals surface area contributed by atoms with Gasteiger partial charge in [-0.25, -0.2) is 0 Å². The van der Waals surface area contributed by atoms with Crippen molar-refractivity contribution in [2.45, 2.75) is 38.3 Å². The minimum absolute atomic E-state index is 0.179. The number of hydrogen-bond donors (Lipinski definition) is 0. The number of nitrogens with zero attached hydrogens (tertiary/aromatic N) is 2. The average molecular weight is 341 g/mol. The summed E-state index contributed by atoms with van der Waals surface area (Å²) in [7, 11) is 1.85. The van der Waals surface area contributed by atoms with Gasteiger partial charge >= 0.3 is 0 Å². The maximum absolute atomic E-state index is 12.5. The van der Waals surface area contributed by atoms with Crippen LogP contribution in [-0.2, 0) is 11.3 Å². The first-order valence-corrected chi connectivity index (χ1v) is 8.70. The molecule has 1 aromatic carbocycles. The monoisotopic (exact) mass is 340 g/mol. The van der Waals surface area contributed by atoms with E-state index in [4.69, 9.17) is 23.2 Å². The Morgan fingerprint density at radius 2 is 1.91 bits per heavy atom. The largest absolute Gasteiger partial charge is 0.340 e. The summed E-state index contributed by atoms with van der Waals surface area (Å²) in [5.74, 6) is 1.01. The highest BCUT2D eigenvalue weighted by atomic mass is 35.5. The fraction of sp³-hybridized carbons (Fsp3) is 0.588. The van der Waals surface area contributed by atoms with Crippen molar-refractivity contribution >= 4 is 29.1 Å². The van der Waals surface area contributed by atoms with Gasteiger partial charge in [0.1, 0.15) is 0 Å². The predicted octanol–water partition coefficient (Wildman–Crippen LogP) is 3.83. The molecule has 0 spiro atoms. The molecule has 0 saturated heterocycles. The standard InChI is InChI=1S/C17H22Cl2N2O/c1-20(9-13-4-7-15(18)16(19)8-13)17(22)11-21(14-5-6-14)10-12-2-3-12/h4,7-8,12,14H,2-3,5-6,9-11H2,1H3. The molecule has 1 amide bonds. The molecule has 3 nitrogen and oxygen atoms in total. The Bertz CT molecular complexity index is 556. The number of amides is 1. The van der Waals surface area contributed by atoms with Gasteiger partial charge in [-0.05, 0) is 49.3 Å². The van der Waals surface area contributed by atoms with Crippen molar-refractivity contribution in [3.63, 3.8) is 0 Å². The highest BCUT2D eigenvalue weighted by molar-refractivity contribution is 6.42. The van der Waals surface area contributed by atoms with Gasteiger partial charge in [0.05, 0.1) is 16.6 Å². The summed E-state index contributed by atoms with van der Waals surface area (Å²) < 4.78 is 0. The second-order valence-corrected chi connectivity index (χ2v) is 7.42. The Labute approximate surface area is 142 Å². The highest BCUT2D eigenvalue weighted by Crippen LogP contribution is 2.34. The molecule has 0 heterocycles. The van der Waals surface area contributed by atoms with Gasteiger partial charge in [-0.1, -0.05) is 29.3 Å². The highest BCUT2D eigenvalue weighted by Gasteiger charge is 2.34. The molecule has 0 aliphatic heterocycles. The summed E-state index contributed by atoms with van der Waals surface area (Å²) >= 11 is 12.0. The topological polar surface area (TPSA) is 23.6 Å². The number of halogens is 2. The summed E-state index contributed by atoms with van der Waals surface area (Å²) in [6.07, 6.45) is 5.15. The van der Waals surface area contributed by atoms with Crippen LogP contribution in [0.4, 0.5) is 0 Å². The summed E-state index contributed by atoms with van der Waals surface area (Å²) in [5.41, 5.74) is 1.01. The lowest BCUT2D eigenvalue weighted by atomic mass is 10.2. The molecule has 22 heavy (non-hydrogen) atoms. The first-order chi connectivity index (χ1) is 10.5. The molecular weight excluding hydrogens is 319 g/mol. The molecule has 0 bridgehead atoms. The van der Waals surface area contributed by atoms with Crippen LogP contribution in [0.2, 0.25) is 10.0 Å². The van der Waals surface area contributed by atoms with E-state index in [1.807, 2.05) is 19.2 Å². The van der Waals surface area contributed by atoms with Crippen molar-refractivity contribution in [3.05, 3.63) is 33.8 Å². The zero-order valence-corrected chi connectivity index (χ0v) is 14.4. The minimum Gasteiger partial charge on any atom is -0.340 e. The molecule has 3 rings (SSSR count). The Kier molecular flexibility index (Phi) is 4.96. The van der Waals surface area contributed by atoms with E-state index in [0.717, 1.165) is 18.0 Å². The smallest absolute Gasteiger partial charge is 0.236 e. The number of likely N-dealkylation sites (N-methyl/N-ethyl adjacent to an activating group) is 1. The summed E-state index contributed by atoms with van der Waals surface area (Å²) in [4.78, 5) is 16.6. The number of hydrogen-bond acceptors (Lipinski definition) is 2. The first kappa shape index (κ1) is 16.1. The van der Waals surface area contributed by atoms with Gasteiger partial charge in [0.15, 0.2) is 0 Å². The summed E-state index contributed by atoms with van der Waals surface area (Å²) in [6.45, 7) is 2.20. The molecule has 2 saturated carbocycles. The van der Waals surface area contributed by atoms with Gasteiger partial charge in [-0.2, -0.15) is 0 Å². The average Bonchev–Trinajstić information content (AvgIpc) is 3.35. The number of carbonyl (C=O) groups is 1. The van der Waals surface area contributed by atoms with Crippen LogP contribution in [0.1, 0.15) is 31.2 Å². The van der Waals surface area contributed by atoms with E-state index >= 15 is 0 Å².